The number of rotatable bonds is 7. The van der Waals surface area contributed by atoms with Crippen LogP contribution in [0.1, 0.15) is 29.6 Å². The van der Waals surface area contributed by atoms with E-state index in [1.807, 2.05) is 32.9 Å². The molecule has 0 aliphatic carbocycles. The van der Waals surface area contributed by atoms with E-state index in [2.05, 4.69) is 10.0 Å². The lowest BCUT2D eigenvalue weighted by Crippen LogP contribution is -2.33. The first kappa shape index (κ1) is 14.6. The Morgan fingerprint density at radius 3 is 2.65 bits per heavy atom. The van der Waals surface area contributed by atoms with Crippen LogP contribution in [0.5, 0.6) is 0 Å². The molecule has 1 aromatic rings. The summed E-state index contributed by atoms with van der Waals surface area (Å²) in [5.41, 5.74) is 0. The van der Waals surface area contributed by atoms with Crippen LogP contribution >= 0.6 is 11.3 Å². The third kappa shape index (κ3) is 5.16. The highest BCUT2D eigenvalue weighted by molar-refractivity contribution is 7.89. The largest absolute Gasteiger partial charge is 0.316 e. The SMILES string of the molecule is CCNCCS(=O)(=O)NC(C)c1ccc(C)s1. The molecule has 98 valence electrons. The van der Waals surface area contributed by atoms with Crippen molar-refractivity contribution >= 4 is 21.4 Å². The van der Waals surface area contributed by atoms with Crippen LogP contribution in [0.15, 0.2) is 12.1 Å². The molecule has 0 amide bonds. The summed E-state index contributed by atoms with van der Waals surface area (Å²) < 4.78 is 26.2. The summed E-state index contributed by atoms with van der Waals surface area (Å²) in [6.07, 6.45) is 0. The molecule has 0 aliphatic heterocycles. The van der Waals surface area contributed by atoms with Crippen molar-refractivity contribution in [2.75, 3.05) is 18.8 Å². The molecule has 0 saturated heterocycles. The molecule has 2 N–H and O–H groups in total. The number of hydrogen-bond donors (Lipinski definition) is 2. The summed E-state index contributed by atoms with van der Waals surface area (Å²) in [6.45, 7) is 7.12. The molecular formula is C11H20N2O2S2. The summed E-state index contributed by atoms with van der Waals surface area (Å²) in [4.78, 5) is 2.24. The molecule has 17 heavy (non-hydrogen) atoms. The summed E-state index contributed by atoms with van der Waals surface area (Å²) in [7, 11) is -3.20. The maximum Gasteiger partial charge on any atom is 0.213 e. The van der Waals surface area contributed by atoms with Gasteiger partial charge in [0.05, 0.1) is 11.8 Å². The predicted molar refractivity (Wildman–Crippen MR) is 72.9 cm³/mol. The van der Waals surface area contributed by atoms with E-state index in [1.54, 1.807) is 11.3 Å². The Balaban J connectivity index is 2.52. The lowest BCUT2D eigenvalue weighted by Gasteiger charge is -2.12. The molecule has 1 aromatic heterocycles. The Hall–Kier alpha value is -0.430. The van der Waals surface area contributed by atoms with Gasteiger partial charge in [0.25, 0.3) is 0 Å². The van der Waals surface area contributed by atoms with E-state index < -0.39 is 10.0 Å². The van der Waals surface area contributed by atoms with Crippen molar-refractivity contribution in [3.05, 3.63) is 21.9 Å². The minimum Gasteiger partial charge on any atom is -0.316 e. The van der Waals surface area contributed by atoms with Crippen molar-refractivity contribution in [2.45, 2.75) is 26.8 Å². The Labute approximate surface area is 107 Å². The monoisotopic (exact) mass is 276 g/mol. The second-order valence-corrected chi connectivity index (χ2v) is 7.15. The zero-order chi connectivity index (χ0) is 12.9. The smallest absolute Gasteiger partial charge is 0.213 e. The lowest BCUT2D eigenvalue weighted by atomic mass is 10.3. The summed E-state index contributed by atoms with van der Waals surface area (Å²) in [5, 5.41) is 3.00. The van der Waals surface area contributed by atoms with Crippen molar-refractivity contribution < 1.29 is 8.42 Å². The third-order valence-corrected chi connectivity index (χ3v) is 4.98. The van der Waals surface area contributed by atoms with Gasteiger partial charge in [0, 0.05) is 16.3 Å². The van der Waals surface area contributed by atoms with Gasteiger partial charge in [-0.1, -0.05) is 6.92 Å². The fraction of sp³-hybridized carbons (Fsp3) is 0.636. The highest BCUT2D eigenvalue weighted by Gasteiger charge is 2.16. The molecule has 0 aromatic carbocycles. The maximum absolute atomic E-state index is 11.7. The molecule has 0 fully saturated rings. The molecule has 1 atom stereocenters. The number of nitrogens with one attached hydrogen (secondary N) is 2. The van der Waals surface area contributed by atoms with E-state index in [4.69, 9.17) is 0 Å². The number of thiophene rings is 1. The fourth-order valence-corrected chi connectivity index (χ4v) is 3.61. The Kier molecular flexibility index (Phi) is 5.58. The van der Waals surface area contributed by atoms with Crippen LogP contribution in [0.25, 0.3) is 0 Å². The van der Waals surface area contributed by atoms with Gasteiger partial charge in [0.15, 0.2) is 0 Å². The lowest BCUT2D eigenvalue weighted by molar-refractivity contribution is 0.565. The van der Waals surface area contributed by atoms with Crippen molar-refractivity contribution in [3.8, 4) is 0 Å². The van der Waals surface area contributed by atoms with Crippen molar-refractivity contribution in [1.82, 2.24) is 10.0 Å². The number of hydrogen-bond acceptors (Lipinski definition) is 4. The van der Waals surface area contributed by atoms with E-state index in [9.17, 15) is 8.42 Å². The summed E-state index contributed by atoms with van der Waals surface area (Å²) >= 11 is 1.62. The fourth-order valence-electron chi connectivity index (χ4n) is 1.46. The van der Waals surface area contributed by atoms with Gasteiger partial charge in [-0.25, -0.2) is 13.1 Å². The quantitative estimate of drug-likeness (QED) is 0.745. The van der Waals surface area contributed by atoms with Crippen molar-refractivity contribution in [3.63, 3.8) is 0 Å². The number of aryl methyl sites for hydroxylation is 1. The first-order chi connectivity index (χ1) is 7.94. The minimum absolute atomic E-state index is 0.121. The van der Waals surface area contributed by atoms with Gasteiger partial charge in [-0.2, -0.15) is 0 Å². The average molecular weight is 276 g/mol. The van der Waals surface area contributed by atoms with Gasteiger partial charge in [-0.3, -0.25) is 0 Å². The zero-order valence-electron chi connectivity index (χ0n) is 10.5. The Morgan fingerprint density at radius 2 is 2.12 bits per heavy atom. The molecule has 0 spiro atoms. The van der Waals surface area contributed by atoms with E-state index >= 15 is 0 Å². The summed E-state index contributed by atoms with van der Waals surface area (Å²) in [5.74, 6) is 0.121. The average Bonchev–Trinajstić information content (AvgIpc) is 2.64. The topological polar surface area (TPSA) is 58.2 Å². The molecule has 1 unspecified atom stereocenters. The Bertz CT molecular complexity index is 440. The van der Waals surface area contributed by atoms with Crippen molar-refractivity contribution in [2.24, 2.45) is 0 Å². The predicted octanol–water partition coefficient (Wildman–Crippen LogP) is 1.65. The van der Waals surface area contributed by atoms with E-state index in [-0.39, 0.29) is 11.8 Å². The van der Waals surface area contributed by atoms with Crippen molar-refractivity contribution in [1.29, 1.82) is 0 Å². The van der Waals surface area contributed by atoms with Gasteiger partial charge >= 0.3 is 0 Å². The number of sulfonamides is 1. The minimum atomic E-state index is -3.20. The molecule has 1 heterocycles. The van der Waals surface area contributed by atoms with Gasteiger partial charge in [0.1, 0.15) is 0 Å². The van der Waals surface area contributed by atoms with Gasteiger partial charge < -0.3 is 5.32 Å². The van der Waals surface area contributed by atoms with Crippen LogP contribution in [0, 0.1) is 6.92 Å². The molecule has 0 radical (unpaired) electrons. The van der Waals surface area contributed by atoms with E-state index in [0.29, 0.717) is 6.54 Å². The standard InChI is InChI=1S/C11H20N2O2S2/c1-4-12-7-8-17(14,15)13-10(3)11-6-5-9(2)16-11/h5-6,10,12-13H,4,7-8H2,1-3H3. The molecule has 6 heteroatoms. The van der Waals surface area contributed by atoms with E-state index in [0.717, 1.165) is 11.4 Å². The Morgan fingerprint density at radius 1 is 1.41 bits per heavy atom. The zero-order valence-corrected chi connectivity index (χ0v) is 12.1. The van der Waals surface area contributed by atoms with Crippen LogP contribution in [0.3, 0.4) is 0 Å². The summed E-state index contributed by atoms with van der Waals surface area (Å²) in [6, 6.07) is 3.82. The third-order valence-electron chi connectivity index (χ3n) is 2.34. The molecule has 0 saturated carbocycles. The maximum atomic E-state index is 11.7. The second-order valence-electron chi connectivity index (χ2n) is 3.96. The van der Waals surface area contributed by atoms with Crippen LogP contribution in [-0.2, 0) is 10.0 Å². The molecule has 0 bridgehead atoms. The normalized spacial score (nSPS) is 13.8. The van der Waals surface area contributed by atoms with Gasteiger partial charge in [-0.15, -0.1) is 11.3 Å². The second kappa shape index (κ2) is 6.49. The highest BCUT2D eigenvalue weighted by Crippen LogP contribution is 2.22. The van der Waals surface area contributed by atoms with Crippen LogP contribution in [0.2, 0.25) is 0 Å². The van der Waals surface area contributed by atoms with Crippen LogP contribution in [-0.4, -0.2) is 27.3 Å². The first-order valence-corrected chi connectivity index (χ1v) is 8.18. The molecule has 0 aliphatic rings. The highest BCUT2D eigenvalue weighted by atomic mass is 32.2. The molecule has 1 rings (SSSR count). The van der Waals surface area contributed by atoms with Crippen LogP contribution in [0.4, 0.5) is 0 Å². The van der Waals surface area contributed by atoms with Crippen LogP contribution < -0.4 is 10.0 Å². The van der Waals surface area contributed by atoms with Gasteiger partial charge in [0.2, 0.25) is 10.0 Å². The first-order valence-electron chi connectivity index (χ1n) is 5.71. The molecule has 4 nitrogen and oxygen atoms in total. The molecular weight excluding hydrogens is 256 g/mol. The van der Waals surface area contributed by atoms with E-state index in [1.165, 1.54) is 4.88 Å². The van der Waals surface area contributed by atoms with Gasteiger partial charge in [-0.05, 0) is 32.5 Å².